The molecule has 2 aromatic carbocycles. The van der Waals surface area contributed by atoms with Gasteiger partial charge in [-0.2, -0.15) is 0 Å². The van der Waals surface area contributed by atoms with Crippen LogP contribution in [0.3, 0.4) is 0 Å². The van der Waals surface area contributed by atoms with Gasteiger partial charge in [-0.1, -0.05) is 35.6 Å². The molecule has 4 aromatic rings. The number of thiazole rings is 1. The topological polar surface area (TPSA) is 66.9 Å². The van der Waals surface area contributed by atoms with E-state index in [1.807, 2.05) is 31.2 Å². The van der Waals surface area contributed by atoms with Crippen LogP contribution in [0.4, 0.5) is 14.3 Å². The molecule has 0 bridgehead atoms. The predicted octanol–water partition coefficient (Wildman–Crippen LogP) is 5.31. The number of hydrogen-bond acceptors (Lipinski definition) is 4. The smallest absolute Gasteiger partial charge is 0.321 e. The average molecular weight is 392 g/mol. The maximum Gasteiger partial charge on any atom is 0.321 e. The van der Waals surface area contributed by atoms with Crippen molar-refractivity contribution < 1.29 is 9.18 Å². The molecule has 0 fully saturated rings. The van der Waals surface area contributed by atoms with Crippen LogP contribution in [0.1, 0.15) is 6.92 Å². The molecule has 7 heteroatoms. The minimum atomic E-state index is -0.318. The molecule has 0 saturated heterocycles. The minimum Gasteiger partial charge on any atom is -0.338 e. The first-order valence-corrected chi connectivity index (χ1v) is 9.62. The summed E-state index contributed by atoms with van der Waals surface area (Å²) in [5.41, 5.74) is 3.71. The number of nitrogens with one attached hydrogen (secondary N) is 2. The molecule has 5 nitrogen and oxygen atoms in total. The molecule has 2 heterocycles. The number of rotatable bonds is 4. The largest absolute Gasteiger partial charge is 0.338 e. The second kappa shape index (κ2) is 7.74. The summed E-state index contributed by atoms with van der Waals surface area (Å²) in [6.45, 7) is 2.36. The summed E-state index contributed by atoms with van der Waals surface area (Å²) in [5.74, 6) is -0.307. The third-order valence-corrected chi connectivity index (χ3v) is 5.23. The fourth-order valence-electron chi connectivity index (χ4n) is 2.97. The molecular weight excluding hydrogens is 375 g/mol. The van der Waals surface area contributed by atoms with Gasteiger partial charge in [-0.15, -0.1) is 0 Å². The lowest BCUT2D eigenvalue weighted by atomic mass is 9.99. The van der Waals surface area contributed by atoms with Crippen molar-refractivity contribution in [1.82, 2.24) is 15.3 Å². The number of benzene rings is 2. The zero-order valence-electron chi connectivity index (χ0n) is 15.1. The molecule has 28 heavy (non-hydrogen) atoms. The van der Waals surface area contributed by atoms with Crippen molar-refractivity contribution in [1.29, 1.82) is 0 Å². The molecule has 0 aliphatic carbocycles. The lowest BCUT2D eigenvalue weighted by molar-refractivity contribution is 0.252. The summed E-state index contributed by atoms with van der Waals surface area (Å²) < 4.78 is 15.4. The van der Waals surface area contributed by atoms with Crippen molar-refractivity contribution in [3.8, 4) is 22.3 Å². The van der Waals surface area contributed by atoms with Crippen LogP contribution >= 0.6 is 11.3 Å². The lowest BCUT2D eigenvalue weighted by Gasteiger charge is -2.08. The first-order chi connectivity index (χ1) is 13.7. The van der Waals surface area contributed by atoms with Crippen molar-refractivity contribution in [2.24, 2.45) is 0 Å². The lowest BCUT2D eigenvalue weighted by Crippen LogP contribution is -2.28. The highest BCUT2D eigenvalue weighted by atomic mass is 32.1. The number of pyridine rings is 1. The van der Waals surface area contributed by atoms with E-state index in [1.54, 1.807) is 30.6 Å². The second-order valence-corrected chi connectivity index (χ2v) is 7.10. The quantitative estimate of drug-likeness (QED) is 0.495. The summed E-state index contributed by atoms with van der Waals surface area (Å²) in [5, 5.41) is 5.88. The number of urea groups is 1. The molecule has 2 aromatic heterocycles. The van der Waals surface area contributed by atoms with Crippen molar-refractivity contribution in [3.05, 3.63) is 66.7 Å². The maximum atomic E-state index is 14.5. The summed E-state index contributed by atoms with van der Waals surface area (Å²) in [6.07, 6.45) is 3.46. The molecule has 4 rings (SSSR count). The molecule has 2 N–H and O–H groups in total. The van der Waals surface area contributed by atoms with E-state index >= 15 is 0 Å². The minimum absolute atomic E-state index is 0.307. The number of amides is 2. The highest BCUT2D eigenvalue weighted by Crippen LogP contribution is 2.39. The number of aromatic nitrogens is 2. The Morgan fingerprint density at radius 1 is 1.11 bits per heavy atom. The van der Waals surface area contributed by atoms with Gasteiger partial charge in [-0.05, 0) is 36.8 Å². The van der Waals surface area contributed by atoms with Crippen LogP contribution in [0.25, 0.3) is 32.5 Å². The molecule has 0 atom stereocenters. The van der Waals surface area contributed by atoms with Gasteiger partial charge < -0.3 is 5.32 Å². The highest BCUT2D eigenvalue weighted by Gasteiger charge is 2.16. The van der Waals surface area contributed by atoms with Crippen molar-refractivity contribution in [3.63, 3.8) is 0 Å². The monoisotopic (exact) mass is 392 g/mol. The molecule has 140 valence electrons. The van der Waals surface area contributed by atoms with E-state index in [-0.39, 0.29) is 11.8 Å². The van der Waals surface area contributed by atoms with Gasteiger partial charge >= 0.3 is 6.03 Å². The summed E-state index contributed by atoms with van der Waals surface area (Å²) in [4.78, 5) is 20.6. The highest BCUT2D eigenvalue weighted by molar-refractivity contribution is 7.22. The number of hydrogen-bond donors (Lipinski definition) is 2. The Bertz CT molecular complexity index is 1140. The van der Waals surface area contributed by atoms with Gasteiger partial charge in [0, 0.05) is 35.6 Å². The summed E-state index contributed by atoms with van der Waals surface area (Å²) in [6, 6.07) is 14.0. The van der Waals surface area contributed by atoms with Gasteiger partial charge in [-0.25, -0.2) is 14.2 Å². The number of halogens is 1. The Balaban J connectivity index is 1.90. The van der Waals surface area contributed by atoms with Crippen LogP contribution in [0, 0.1) is 5.82 Å². The van der Waals surface area contributed by atoms with Crippen LogP contribution in [-0.2, 0) is 0 Å². The summed E-state index contributed by atoms with van der Waals surface area (Å²) in [7, 11) is 0. The number of fused-ring (bicyclic) bond motifs is 1. The van der Waals surface area contributed by atoms with E-state index in [0.717, 1.165) is 21.4 Å². The molecular formula is C21H17FN4OS. The third-order valence-electron chi connectivity index (χ3n) is 4.21. The molecule has 0 unspecified atom stereocenters. The van der Waals surface area contributed by atoms with Crippen LogP contribution < -0.4 is 10.6 Å². The summed E-state index contributed by atoms with van der Waals surface area (Å²) >= 11 is 1.32. The van der Waals surface area contributed by atoms with Crippen LogP contribution in [0.5, 0.6) is 0 Å². The normalized spacial score (nSPS) is 10.8. The van der Waals surface area contributed by atoms with E-state index in [2.05, 4.69) is 20.6 Å². The fourth-order valence-corrected chi connectivity index (χ4v) is 3.94. The van der Waals surface area contributed by atoms with Gasteiger partial charge in [0.25, 0.3) is 0 Å². The Morgan fingerprint density at radius 3 is 2.71 bits per heavy atom. The number of nitrogens with zero attached hydrogens (tertiary/aromatic N) is 2. The number of carbonyl (C=O) groups excluding carboxylic acids is 1. The molecule has 0 aliphatic heterocycles. The van der Waals surface area contributed by atoms with Gasteiger partial charge in [0.1, 0.15) is 5.82 Å². The van der Waals surface area contributed by atoms with Crippen LogP contribution in [-0.4, -0.2) is 22.5 Å². The predicted molar refractivity (Wildman–Crippen MR) is 111 cm³/mol. The second-order valence-electron chi connectivity index (χ2n) is 6.10. The van der Waals surface area contributed by atoms with Crippen LogP contribution in [0.2, 0.25) is 0 Å². The van der Waals surface area contributed by atoms with E-state index in [0.29, 0.717) is 22.8 Å². The number of anilines is 1. The third kappa shape index (κ3) is 3.57. The van der Waals surface area contributed by atoms with E-state index < -0.39 is 0 Å². The first-order valence-electron chi connectivity index (χ1n) is 8.80. The Morgan fingerprint density at radius 2 is 1.96 bits per heavy atom. The zero-order chi connectivity index (χ0) is 19.5. The Kier molecular flexibility index (Phi) is 4.99. The van der Waals surface area contributed by atoms with E-state index in [1.165, 1.54) is 17.4 Å². The average Bonchev–Trinajstić information content (AvgIpc) is 3.11. The van der Waals surface area contributed by atoms with Crippen molar-refractivity contribution in [2.75, 3.05) is 11.9 Å². The fraction of sp³-hybridized carbons (Fsp3) is 0.0952. The molecule has 0 radical (unpaired) electrons. The molecule has 0 saturated carbocycles. The van der Waals surface area contributed by atoms with Crippen molar-refractivity contribution >= 4 is 32.7 Å². The van der Waals surface area contributed by atoms with Gasteiger partial charge in [0.15, 0.2) is 5.13 Å². The van der Waals surface area contributed by atoms with Gasteiger partial charge in [0.05, 0.1) is 10.2 Å². The van der Waals surface area contributed by atoms with E-state index in [9.17, 15) is 9.18 Å². The van der Waals surface area contributed by atoms with E-state index in [4.69, 9.17) is 0 Å². The SMILES string of the molecule is CCNC(=O)Nc1nc2cc(-c3cccnc3)cc(-c3ccccc3F)c2s1. The van der Waals surface area contributed by atoms with Crippen LogP contribution in [0.15, 0.2) is 60.9 Å². The standard InChI is InChI=1S/C21H17FN4OS/c1-2-24-20(27)26-21-25-18-11-14(13-6-5-9-23-12-13)10-16(19(18)28-21)15-7-3-4-8-17(15)22/h3-12H,2H2,1H3,(H2,24,25,26,27). The number of carbonyl (C=O) groups is 1. The zero-order valence-corrected chi connectivity index (χ0v) is 15.9. The molecule has 0 aliphatic rings. The molecule has 0 spiro atoms. The van der Waals surface area contributed by atoms with Crippen molar-refractivity contribution in [2.45, 2.75) is 6.92 Å². The maximum absolute atomic E-state index is 14.5. The van der Waals surface area contributed by atoms with Gasteiger partial charge in [-0.3, -0.25) is 10.3 Å². The first kappa shape index (κ1) is 18.1. The molecule has 2 amide bonds. The Hall–Kier alpha value is -3.32. The Labute approximate surface area is 165 Å². The van der Waals surface area contributed by atoms with Gasteiger partial charge in [0.2, 0.25) is 0 Å².